The SMILES string of the molecule is CC(C)CC(N)C(=O)N1CCC2NC(=O)CCC2C1. The number of carbonyl (C=O) groups excluding carboxylic acids is 2. The average Bonchev–Trinajstić information content (AvgIpc) is 2.36. The zero-order valence-electron chi connectivity index (χ0n) is 11.9. The number of amides is 2. The van der Waals surface area contributed by atoms with Gasteiger partial charge in [-0.15, -0.1) is 0 Å². The number of nitrogens with two attached hydrogens (primary N) is 1. The van der Waals surface area contributed by atoms with Gasteiger partial charge in [0.15, 0.2) is 0 Å². The minimum absolute atomic E-state index is 0.0732. The van der Waals surface area contributed by atoms with Gasteiger partial charge in [0.05, 0.1) is 6.04 Å². The van der Waals surface area contributed by atoms with Gasteiger partial charge < -0.3 is 16.0 Å². The van der Waals surface area contributed by atoms with Crippen LogP contribution in [0.2, 0.25) is 0 Å². The third-order valence-corrected chi connectivity index (χ3v) is 4.18. The lowest BCUT2D eigenvalue weighted by Crippen LogP contribution is -2.57. The molecule has 5 nitrogen and oxygen atoms in total. The van der Waals surface area contributed by atoms with E-state index in [1.54, 1.807) is 0 Å². The highest BCUT2D eigenvalue weighted by Crippen LogP contribution is 2.25. The maximum absolute atomic E-state index is 12.3. The smallest absolute Gasteiger partial charge is 0.239 e. The molecule has 0 aromatic heterocycles. The van der Waals surface area contributed by atoms with Crippen LogP contribution in [0.1, 0.15) is 39.5 Å². The quantitative estimate of drug-likeness (QED) is 0.781. The number of hydrogen-bond donors (Lipinski definition) is 2. The summed E-state index contributed by atoms with van der Waals surface area (Å²) in [5.41, 5.74) is 5.98. The Hall–Kier alpha value is -1.10. The number of fused-ring (bicyclic) bond motifs is 1. The zero-order chi connectivity index (χ0) is 14.0. The minimum Gasteiger partial charge on any atom is -0.353 e. The fraction of sp³-hybridized carbons (Fsp3) is 0.857. The number of nitrogens with zero attached hydrogens (tertiary/aromatic N) is 1. The van der Waals surface area contributed by atoms with Crippen molar-refractivity contribution in [3.8, 4) is 0 Å². The Kier molecular flexibility index (Phi) is 4.45. The molecule has 5 heteroatoms. The van der Waals surface area contributed by atoms with Gasteiger partial charge in [-0.05, 0) is 31.1 Å². The molecule has 3 unspecified atom stereocenters. The number of hydrogen-bond acceptors (Lipinski definition) is 3. The van der Waals surface area contributed by atoms with Crippen LogP contribution < -0.4 is 11.1 Å². The van der Waals surface area contributed by atoms with E-state index in [1.165, 1.54) is 0 Å². The highest BCUT2D eigenvalue weighted by molar-refractivity contribution is 5.82. The van der Waals surface area contributed by atoms with Crippen molar-refractivity contribution in [3.63, 3.8) is 0 Å². The van der Waals surface area contributed by atoms with Crippen molar-refractivity contribution >= 4 is 11.8 Å². The molecule has 2 saturated heterocycles. The molecule has 2 aliphatic heterocycles. The van der Waals surface area contributed by atoms with Crippen molar-refractivity contribution in [2.24, 2.45) is 17.6 Å². The summed E-state index contributed by atoms with van der Waals surface area (Å²) in [7, 11) is 0. The topological polar surface area (TPSA) is 75.4 Å². The molecule has 3 atom stereocenters. The molecule has 0 aromatic rings. The maximum atomic E-state index is 12.3. The normalized spacial score (nSPS) is 28.8. The number of likely N-dealkylation sites (tertiary alicyclic amines) is 1. The summed E-state index contributed by atoms with van der Waals surface area (Å²) in [6, 6.07) is -0.124. The first-order valence-corrected chi connectivity index (χ1v) is 7.31. The average molecular weight is 267 g/mol. The number of rotatable bonds is 3. The Bertz CT molecular complexity index is 357. The summed E-state index contributed by atoms with van der Waals surface area (Å²) >= 11 is 0. The molecule has 3 N–H and O–H groups in total. The predicted octanol–water partition coefficient (Wildman–Crippen LogP) is 0.487. The van der Waals surface area contributed by atoms with E-state index in [9.17, 15) is 9.59 Å². The van der Waals surface area contributed by atoms with Crippen molar-refractivity contribution in [2.75, 3.05) is 13.1 Å². The minimum atomic E-state index is -0.380. The Morgan fingerprint density at radius 2 is 2.21 bits per heavy atom. The van der Waals surface area contributed by atoms with Crippen LogP contribution in [0.15, 0.2) is 0 Å². The Labute approximate surface area is 114 Å². The molecular weight excluding hydrogens is 242 g/mol. The van der Waals surface area contributed by atoms with Crippen LogP contribution >= 0.6 is 0 Å². The summed E-state index contributed by atoms with van der Waals surface area (Å²) in [4.78, 5) is 25.5. The van der Waals surface area contributed by atoms with E-state index < -0.39 is 0 Å². The first-order chi connectivity index (χ1) is 8.97. The van der Waals surface area contributed by atoms with Crippen LogP contribution in [0.25, 0.3) is 0 Å². The second-order valence-corrected chi connectivity index (χ2v) is 6.28. The fourth-order valence-corrected chi connectivity index (χ4v) is 3.15. The summed E-state index contributed by atoms with van der Waals surface area (Å²) in [5, 5.41) is 3.03. The van der Waals surface area contributed by atoms with Gasteiger partial charge in [-0.25, -0.2) is 0 Å². The van der Waals surface area contributed by atoms with Gasteiger partial charge in [-0.2, -0.15) is 0 Å². The molecule has 2 fully saturated rings. The van der Waals surface area contributed by atoms with Gasteiger partial charge in [0.2, 0.25) is 11.8 Å². The highest BCUT2D eigenvalue weighted by Gasteiger charge is 2.36. The molecule has 2 heterocycles. The lowest BCUT2D eigenvalue weighted by atomic mass is 9.85. The second-order valence-electron chi connectivity index (χ2n) is 6.28. The molecule has 0 radical (unpaired) electrons. The Morgan fingerprint density at radius 1 is 1.47 bits per heavy atom. The summed E-state index contributed by atoms with van der Waals surface area (Å²) in [6.07, 6.45) is 3.07. The molecule has 0 aliphatic carbocycles. The maximum Gasteiger partial charge on any atom is 0.239 e. The van der Waals surface area contributed by atoms with E-state index in [1.807, 2.05) is 4.90 Å². The fourth-order valence-electron chi connectivity index (χ4n) is 3.15. The molecule has 2 amide bonds. The van der Waals surface area contributed by atoms with E-state index in [4.69, 9.17) is 5.73 Å². The van der Waals surface area contributed by atoms with Crippen molar-refractivity contribution in [2.45, 2.75) is 51.6 Å². The van der Waals surface area contributed by atoms with Crippen molar-refractivity contribution < 1.29 is 9.59 Å². The van der Waals surface area contributed by atoms with Gasteiger partial charge in [0, 0.05) is 25.6 Å². The van der Waals surface area contributed by atoms with Crippen molar-refractivity contribution in [3.05, 3.63) is 0 Å². The third-order valence-electron chi connectivity index (χ3n) is 4.18. The van der Waals surface area contributed by atoms with Crippen LogP contribution in [0.5, 0.6) is 0 Å². The third kappa shape index (κ3) is 3.47. The van der Waals surface area contributed by atoms with E-state index in [0.29, 0.717) is 24.8 Å². The molecule has 19 heavy (non-hydrogen) atoms. The number of piperidine rings is 2. The Balaban J connectivity index is 1.90. The van der Waals surface area contributed by atoms with E-state index >= 15 is 0 Å². The van der Waals surface area contributed by atoms with Crippen LogP contribution in [0.3, 0.4) is 0 Å². The highest BCUT2D eigenvalue weighted by atomic mass is 16.2. The molecule has 2 rings (SSSR count). The van der Waals surface area contributed by atoms with Crippen LogP contribution in [-0.2, 0) is 9.59 Å². The number of nitrogens with one attached hydrogen (secondary N) is 1. The van der Waals surface area contributed by atoms with Crippen molar-refractivity contribution in [1.82, 2.24) is 10.2 Å². The zero-order valence-corrected chi connectivity index (χ0v) is 11.9. The summed E-state index contributed by atoms with van der Waals surface area (Å²) in [6.45, 7) is 5.62. The number of carbonyl (C=O) groups is 2. The summed E-state index contributed by atoms with van der Waals surface area (Å²) < 4.78 is 0. The predicted molar refractivity (Wildman–Crippen MR) is 73.3 cm³/mol. The molecular formula is C14H25N3O2. The molecule has 0 spiro atoms. The molecule has 0 aromatic carbocycles. The van der Waals surface area contributed by atoms with Crippen LogP contribution in [0, 0.1) is 11.8 Å². The molecule has 2 aliphatic rings. The molecule has 108 valence electrons. The van der Waals surface area contributed by atoms with Crippen LogP contribution in [0.4, 0.5) is 0 Å². The van der Waals surface area contributed by atoms with Gasteiger partial charge in [0.1, 0.15) is 0 Å². The largest absolute Gasteiger partial charge is 0.353 e. The van der Waals surface area contributed by atoms with Gasteiger partial charge in [-0.1, -0.05) is 13.8 Å². The Morgan fingerprint density at radius 3 is 2.89 bits per heavy atom. The van der Waals surface area contributed by atoms with Gasteiger partial charge >= 0.3 is 0 Å². The monoisotopic (exact) mass is 267 g/mol. The lowest BCUT2D eigenvalue weighted by molar-refractivity contribution is -0.136. The van der Waals surface area contributed by atoms with Crippen molar-refractivity contribution in [1.29, 1.82) is 0 Å². The van der Waals surface area contributed by atoms with Gasteiger partial charge in [0.25, 0.3) is 0 Å². The lowest BCUT2D eigenvalue weighted by Gasteiger charge is -2.42. The summed E-state index contributed by atoms with van der Waals surface area (Å²) in [5.74, 6) is 1.06. The van der Waals surface area contributed by atoms with Crippen LogP contribution in [-0.4, -0.2) is 41.9 Å². The van der Waals surface area contributed by atoms with E-state index in [0.717, 1.165) is 25.8 Å². The van der Waals surface area contributed by atoms with Gasteiger partial charge in [-0.3, -0.25) is 9.59 Å². The standard InChI is InChI=1S/C14H25N3O2/c1-9(2)7-11(15)14(19)17-6-5-12-10(8-17)3-4-13(18)16-12/h9-12H,3-8,15H2,1-2H3,(H,16,18). The van der Waals surface area contributed by atoms with E-state index in [2.05, 4.69) is 19.2 Å². The first-order valence-electron chi connectivity index (χ1n) is 7.31. The molecule has 0 bridgehead atoms. The first kappa shape index (κ1) is 14.3. The molecule has 0 saturated carbocycles. The second kappa shape index (κ2) is 5.90. The van der Waals surface area contributed by atoms with E-state index in [-0.39, 0.29) is 23.9 Å².